The van der Waals surface area contributed by atoms with Gasteiger partial charge in [-0.2, -0.15) is 26.3 Å². The van der Waals surface area contributed by atoms with Crippen molar-refractivity contribution in [3.05, 3.63) is 73.1 Å². The number of carbonyl (C=O) groups is 2. The highest BCUT2D eigenvalue weighted by molar-refractivity contribution is 5.95. The number of allylic oxidation sites excluding steroid dienone is 2. The smallest absolute Gasteiger partial charge is 0.454 e. The van der Waals surface area contributed by atoms with Crippen LogP contribution in [0.5, 0.6) is 11.5 Å². The number of ether oxygens (including phenoxy) is 1. The molecule has 0 amide bonds. The second-order valence-electron chi connectivity index (χ2n) is 5.83. The van der Waals surface area contributed by atoms with Crippen LogP contribution in [0.1, 0.15) is 0 Å². The largest absolute Gasteiger partial charge is 0.457 e. The molecular formula is C20H14F6N2O3. The topological polar surface area (TPSA) is 67.4 Å². The standard InChI is InChI=1S/C20H14F6N2O3/c21-19(22,23)17(29)9-11-27-13-1-5-15(6-2-13)31-16-7-3-14(4-8-16)28-12-10-18(30)20(24,25)26/h1-12,27-28H/b11-9+,12-10+. The van der Waals surface area contributed by atoms with E-state index in [-0.39, 0.29) is 0 Å². The molecule has 0 spiro atoms. The first-order chi connectivity index (χ1) is 14.4. The van der Waals surface area contributed by atoms with Gasteiger partial charge in [-0.1, -0.05) is 0 Å². The van der Waals surface area contributed by atoms with Gasteiger partial charge in [0.2, 0.25) is 0 Å². The van der Waals surface area contributed by atoms with Crippen molar-refractivity contribution in [2.45, 2.75) is 12.4 Å². The zero-order chi connectivity index (χ0) is 23.1. The van der Waals surface area contributed by atoms with Crippen LogP contribution in [0.15, 0.2) is 73.1 Å². The third kappa shape index (κ3) is 7.88. The third-order valence-corrected chi connectivity index (χ3v) is 3.47. The van der Waals surface area contributed by atoms with Crippen LogP contribution in [0, 0.1) is 0 Å². The predicted octanol–water partition coefficient (Wildman–Crippen LogP) is 5.59. The van der Waals surface area contributed by atoms with E-state index in [1.165, 1.54) is 48.5 Å². The van der Waals surface area contributed by atoms with Crippen molar-refractivity contribution in [2.75, 3.05) is 10.6 Å². The van der Waals surface area contributed by atoms with Gasteiger partial charge in [-0.3, -0.25) is 9.59 Å². The molecule has 11 heteroatoms. The molecule has 2 aromatic carbocycles. The Morgan fingerprint density at radius 3 is 1.26 bits per heavy atom. The van der Waals surface area contributed by atoms with Crippen LogP contribution >= 0.6 is 0 Å². The Morgan fingerprint density at radius 1 is 0.645 bits per heavy atom. The molecule has 0 bridgehead atoms. The van der Waals surface area contributed by atoms with E-state index in [1.54, 1.807) is 0 Å². The van der Waals surface area contributed by atoms with E-state index < -0.39 is 23.9 Å². The molecule has 0 saturated carbocycles. The summed E-state index contributed by atoms with van der Waals surface area (Å²) in [6.07, 6.45) is -7.39. The van der Waals surface area contributed by atoms with Crippen LogP contribution in [-0.2, 0) is 9.59 Å². The van der Waals surface area contributed by atoms with Gasteiger partial charge in [-0.05, 0) is 48.5 Å². The number of halogens is 6. The maximum atomic E-state index is 12.1. The summed E-state index contributed by atoms with van der Waals surface area (Å²) < 4.78 is 78.1. The Labute approximate surface area is 172 Å². The molecule has 2 rings (SSSR count). The average molecular weight is 444 g/mol. The van der Waals surface area contributed by atoms with Gasteiger partial charge in [0.1, 0.15) is 11.5 Å². The summed E-state index contributed by atoms with van der Waals surface area (Å²) in [4.78, 5) is 21.4. The number of anilines is 2. The molecule has 164 valence electrons. The van der Waals surface area contributed by atoms with Crippen molar-refractivity contribution in [1.29, 1.82) is 0 Å². The molecule has 31 heavy (non-hydrogen) atoms. The Kier molecular flexibility index (Phi) is 7.46. The number of nitrogens with one attached hydrogen (secondary N) is 2. The number of ketones is 2. The molecule has 0 aliphatic rings. The molecule has 0 radical (unpaired) electrons. The first-order valence-electron chi connectivity index (χ1n) is 8.41. The van der Waals surface area contributed by atoms with Gasteiger partial charge >= 0.3 is 12.4 Å². The van der Waals surface area contributed by atoms with Crippen molar-refractivity contribution in [2.24, 2.45) is 0 Å². The molecule has 2 aromatic rings. The van der Waals surface area contributed by atoms with Gasteiger partial charge in [0.15, 0.2) is 0 Å². The lowest BCUT2D eigenvalue weighted by Gasteiger charge is -2.08. The molecule has 0 fully saturated rings. The monoisotopic (exact) mass is 444 g/mol. The van der Waals surface area contributed by atoms with Gasteiger partial charge in [0, 0.05) is 35.9 Å². The summed E-state index contributed by atoms with van der Waals surface area (Å²) in [5, 5.41) is 5.03. The number of rotatable bonds is 8. The maximum Gasteiger partial charge on any atom is 0.454 e. The molecule has 5 nitrogen and oxygen atoms in total. The van der Waals surface area contributed by atoms with Gasteiger partial charge in [0.25, 0.3) is 11.6 Å². The quantitative estimate of drug-likeness (QED) is 0.410. The Balaban J connectivity index is 1.88. The van der Waals surface area contributed by atoms with E-state index in [9.17, 15) is 35.9 Å². The Morgan fingerprint density at radius 2 is 0.968 bits per heavy atom. The van der Waals surface area contributed by atoms with E-state index in [1.807, 2.05) is 0 Å². The molecule has 0 aliphatic carbocycles. The predicted molar refractivity (Wildman–Crippen MR) is 101 cm³/mol. The summed E-state index contributed by atoms with van der Waals surface area (Å²) in [7, 11) is 0. The van der Waals surface area contributed by atoms with Gasteiger partial charge < -0.3 is 15.4 Å². The molecule has 0 atom stereocenters. The van der Waals surface area contributed by atoms with Crippen LogP contribution in [0.4, 0.5) is 37.7 Å². The number of hydrogen-bond donors (Lipinski definition) is 2. The van der Waals surface area contributed by atoms with Crippen molar-refractivity contribution in [3.8, 4) is 11.5 Å². The zero-order valence-corrected chi connectivity index (χ0v) is 15.4. The first kappa shape index (κ1) is 23.5. The van der Waals surface area contributed by atoms with Crippen molar-refractivity contribution < 1.29 is 40.7 Å². The minimum atomic E-state index is -4.93. The molecule has 0 heterocycles. The van der Waals surface area contributed by atoms with E-state index in [2.05, 4.69) is 10.6 Å². The molecule has 0 saturated heterocycles. The maximum absolute atomic E-state index is 12.1. The number of benzene rings is 2. The van der Waals surface area contributed by atoms with Crippen LogP contribution < -0.4 is 15.4 Å². The summed E-state index contributed by atoms with van der Waals surface area (Å²) in [5.74, 6) is -3.17. The SMILES string of the molecule is O=C(/C=C/Nc1ccc(Oc2ccc(N/C=C/C(=O)C(F)(F)F)cc2)cc1)C(F)(F)F. The van der Waals surface area contributed by atoms with E-state index in [0.717, 1.165) is 12.4 Å². The fourth-order valence-corrected chi connectivity index (χ4v) is 1.99. The minimum Gasteiger partial charge on any atom is -0.457 e. The van der Waals surface area contributed by atoms with Crippen molar-refractivity contribution in [1.82, 2.24) is 0 Å². The highest BCUT2D eigenvalue weighted by Gasteiger charge is 2.36. The normalized spacial score (nSPS) is 12.2. The summed E-state index contributed by atoms with van der Waals surface area (Å²) in [5.41, 5.74) is 0.830. The Bertz CT molecular complexity index is 883. The van der Waals surface area contributed by atoms with E-state index in [0.29, 0.717) is 35.0 Å². The van der Waals surface area contributed by atoms with Crippen molar-refractivity contribution >= 4 is 22.9 Å². The highest BCUT2D eigenvalue weighted by atomic mass is 19.4. The van der Waals surface area contributed by atoms with E-state index in [4.69, 9.17) is 4.74 Å². The lowest BCUT2D eigenvalue weighted by molar-refractivity contribution is -0.165. The van der Waals surface area contributed by atoms with Crippen LogP contribution in [0.25, 0.3) is 0 Å². The van der Waals surface area contributed by atoms with Gasteiger partial charge in [0.05, 0.1) is 0 Å². The van der Waals surface area contributed by atoms with Crippen LogP contribution in [0.3, 0.4) is 0 Å². The summed E-state index contributed by atoms with van der Waals surface area (Å²) in [6, 6.07) is 12.1. The zero-order valence-electron chi connectivity index (χ0n) is 15.4. The number of alkyl halides is 6. The van der Waals surface area contributed by atoms with Crippen LogP contribution in [0.2, 0.25) is 0 Å². The summed E-state index contributed by atoms with van der Waals surface area (Å²) >= 11 is 0. The number of hydrogen-bond acceptors (Lipinski definition) is 5. The third-order valence-electron chi connectivity index (χ3n) is 3.47. The second kappa shape index (κ2) is 9.83. The highest BCUT2D eigenvalue weighted by Crippen LogP contribution is 2.25. The second-order valence-corrected chi connectivity index (χ2v) is 5.83. The fourth-order valence-electron chi connectivity index (χ4n) is 1.99. The minimum absolute atomic E-state index is 0.369. The van der Waals surface area contributed by atoms with E-state index >= 15 is 0 Å². The van der Waals surface area contributed by atoms with Crippen LogP contribution in [-0.4, -0.2) is 23.9 Å². The molecule has 0 unspecified atom stereocenters. The molecular weight excluding hydrogens is 430 g/mol. The van der Waals surface area contributed by atoms with Gasteiger partial charge in [-0.25, -0.2) is 0 Å². The average Bonchev–Trinajstić information content (AvgIpc) is 2.69. The molecule has 0 aromatic heterocycles. The van der Waals surface area contributed by atoms with Crippen molar-refractivity contribution in [3.63, 3.8) is 0 Å². The lowest BCUT2D eigenvalue weighted by atomic mass is 10.3. The molecule has 2 N–H and O–H groups in total. The number of carbonyl (C=O) groups excluding carboxylic acids is 2. The molecule has 0 aliphatic heterocycles. The summed E-state index contributed by atoms with van der Waals surface area (Å²) in [6.45, 7) is 0. The van der Waals surface area contributed by atoms with Gasteiger partial charge in [-0.15, -0.1) is 0 Å². The lowest BCUT2D eigenvalue weighted by Crippen LogP contribution is -2.20. The Hall–Kier alpha value is -3.76. The first-order valence-corrected chi connectivity index (χ1v) is 8.41. The fraction of sp³-hybridized carbons (Fsp3) is 0.100.